The maximum Gasteiger partial charge on any atom is 0.0236 e. The van der Waals surface area contributed by atoms with Crippen LogP contribution in [0.3, 0.4) is 0 Å². The van der Waals surface area contributed by atoms with Gasteiger partial charge >= 0.3 is 0 Å². The normalized spacial score (nSPS) is 30.2. The van der Waals surface area contributed by atoms with Gasteiger partial charge in [0.25, 0.3) is 0 Å². The monoisotopic (exact) mass is 280 g/mol. The van der Waals surface area contributed by atoms with Gasteiger partial charge in [-0.05, 0) is 55.2 Å². The molecule has 0 radical (unpaired) electrons. The Morgan fingerprint density at radius 1 is 1.21 bits per heavy atom. The minimum atomic E-state index is 0. The van der Waals surface area contributed by atoms with Crippen LogP contribution in [0.1, 0.15) is 29.5 Å². The van der Waals surface area contributed by atoms with Gasteiger partial charge in [-0.2, -0.15) is 0 Å². The molecule has 3 heteroatoms. The molecular formula is C16H25ClN2. The van der Waals surface area contributed by atoms with Gasteiger partial charge in [0, 0.05) is 25.7 Å². The number of hydrogen-bond acceptors (Lipinski definition) is 2. The first-order valence-electron chi connectivity index (χ1n) is 7.18. The average molecular weight is 281 g/mol. The Bertz CT molecular complexity index is 446. The number of hydrogen-bond donors (Lipinski definition) is 1. The second kappa shape index (κ2) is 5.82. The lowest BCUT2D eigenvalue weighted by molar-refractivity contribution is 0.297. The highest BCUT2D eigenvalue weighted by Gasteiger charge is 2.40. The molecule has 1 saturated heterocycles. The van der Waals surface area contributed by atoms with Crippen molar-refractivity contribution in [2.45, 2.75) is 39.3 Å². The van der Waals surface area contributed by atoms with Crippen LogP contribution in [0.15, 0.2) is 18.2 Å². The summed E-state index contributed by atoms with van der Waals surface area (Å²) in [4.78, 5) is 2.61. The minimum Gasteiger partial charge on any atom is -0.327 e. The summed E-state index contributed by atoms with van der Waals surface area (Å²) in [5.74, 6) is 1.63. The van der Waals surface area contributed by atoms with E-state index >= 15 is 0 Å². The van der Waals surface area contributed by atoms with Crippen molar-refractivity contribution in [1.29, 1.82) is 0 Å². The average Bonchev–Trinajstić information content (AvgIpc) is 2.88. The van der Waals surface area contributed by atoms with Crippen molar-refractivity contribution in [2.24, 2.45) is 17.6 Å². The Balaban J connectivity index is 0.00000133. The zero-order chi connectivity index (χ0) is 12.7. The zero-order valence-corrected chi connectivity index (χ0v) is 12.7. The maximum atomic E-state index is 6.20. The van der Waals surface area contributed by atoms with Gasteiger partial charge in [0.2, 0.25) is 0 Å². The Hall–Kier alpha value is -0.570. The summed E-state index contributed by atoms with van der Waals surface area (Å²) < 4.78 is 0. The molecule has 1 aromatic rings. The van der Waals surface area contributed by atoms with Crippen LogP contribution in [0.2, 0.25) is 0 Å². The van der Waals surface area contributed by atoms with Crippen LogP contribution in [0.25, 0.3) is 0 Å². The molecule has 3 atom stereocenters. The van der Waals surface area contributed by atoms with E-state index in [0.29, 0.717) is 6.04 Å². The SMILES string of the molecule is Cc1cccc(CN2CC3CCC(N)C3C2)c1C.Cl. The first-order chi connectivity index (χ1) is 8.65. The van der Waals surface area contributed by atoms with E-state index in [1.165, 1.54) is 42.6 Å². The summed E-state index contributed by atoms with van der Waals surface area (Å²) in [7, 11) is 0. The minimum absolute atomic E-state index is 0. The lowest BCUT2D eigenvalue weighted by Crippen LogP contribution is -2.30. The number of rotatable bonds is 2. The van der Waals surface area contributed by atoms with Gasteiger partial charge in [0.15, 0.2) is 0 Å². The number of halogens is 1. The number of nitrogens with two attached hydrogens (primary N) is 1. The summed E-state index contributed by atoms with van der Waals surface area (Å²) in [5, 5.41) is 0. The van der Waals surface area contributed by atoms with Gasteiger partial charge in [-0.25, -0.2) is 0 Å². The summed E-state index contributed by atoms with van der Waals surface area (Å²) in [5.41, 5.74) is 10.6. The number of aryl methyl sites for hydroxylation is 1. The molecule has 19 heavy (non-hydrogen) atoms. The maximum absolute atomic E-state index is 6.20. The number of fused-ring (bicyclic) bond motifs is 1. The molecule has 0 spiro atoms. The molecule has 1 heterocycles. The molecule has 3 unspecified atom stereocenters. The third-order valence-corrected chi connectivity index (χ3v) is 5.10. The predicted molar refractivity (Wildman–Crippen MR) is 82.6 cm³/mol. The summed E-state index contributed by atoms with van der Waals surface area (Å²) >= 11 is 0. The Kier molecular flexibility index (Phi) is 4.54. The van der Waals surface area contributed by atoms with Crippen LogP contribution in [0, 0.1) is 25.7 Å². The number of nitrogens with zero attached hydrogens (tertiary/aromatic N) is 1. The van der Waals surface area contributed by atoms with Gasteiger partial charge in [0.05, 0.1) is 0 Å². The van der Waals surface area contributed by atoms with Crippen molar-refractivity contribution in [3.63, 3.8) is 0 Å². The Labute approximate surface area is 122 Å². The highest BCUT2D eigenvalue weighted by molar-refractivity contribution is 5.85. The molecule has 2 N–H and O–H groups in total. The summed E-state index contributed by atoms with van der Waals surface area (Å²) in [6.45, 7) is 8.01. The van der Waals surface area contributed by atoms with Crippen LogP contribution in [0.4, 0.5) is 0 Å². The third kappa shape index (κ3) is 2.81. The highest BCUT2D eigenvalue weighted by Crippen LogP contribution is 2.37. The van der Waals surface area contributed by atoms with Crippen molar-refractivity contribution in [1.82, 2.24) is 4.90 Å². The fourth-order valence-corrected chi connectivity index (χ4v) is 3.75. The fourth-order valence-electron chi connectivity index (χ4n) is 3.75. The molecule has 0 amide bonds. The Morgan fingerprint density at radius 2 is 2.00 bits per heavy atom. The quantitative estimate of drug-likeness (QED) is 0.903. The standard InChI is InChI=1S/C16H24N2.ClH/c1-11-4-3-5-13(12(11)2)8-18-9-14-6-7-16(17)15(14)10-18;/h3-5,14-16H,6-10,17H2,1-2H3;1H. The summed E-state index contributed by atoms with van der Waals surface area (Å²) in [6, 6.07) is 7.11. The first-order valence-corrected chi connectivity index (χ1v) is 7.18. The van der Waals surface area contributed by atoms with Gasteiger partial charge in [-0.1, -0.05) is 18.2 Å². The second-order valence-electron chi connectivity index (χ2n) is 6.22. The van der Waals surface area contributed by atoms with E-state index in [1.54, 1.807) is 0 Å². The van der Waals surface area contributed by atoms with E-state index in [1.807, 2.05) is 0 Å². The second-order valence-corrected chi connectivity index (χ2v) is 6.22. The van der Waals surface area contributed by atoms with E-state index in [4.69, 9.17) is 5.73 Å². The number of likely N-dealkylation sites (tertiary alicyclic amines) is 1. The van der Waals surface area contributed by atoms with Crippen LogP contribution in [-0.2, 0) is 6.54 Å². The van der Waals surface area contributed by atoms with E-state index in [2.05, 4.69) is 36.9 Å². The molecule has 2 aliphatic rings. The topological polar surface area (TPSA) is 29.3 Å². The largest absolute Gasteiger partial charge is 0.327 e. The van der Waals surface area contributed by atoms with E-state index in [9.17, 15) is 0 Å². The van der Waals surface area contributed by atoms with Crippen molar-refractivity contribution in [3.05, 3.63) is 34.9 Å². The first kappa shape index (κ1) is 14.8. The lowest BCUT2D eigenvalue weighted by atomic mass is 9.98. The van der Waals surface area contributed by atoms with Crippen molar-refractivity contribution in [2.75, 3.05) is 13.1 Å². The molecule has 3 rings (SSSR count). The molecule has 0 bridgehead atoms. The van der Waals surface area contributed by atoms with Crippen molar-refractivity contribution < 1.29 is 0 Å². The summed E-state index contributed by atoms with van der Waals surface area (Å²) in [6.07, 6.45) is 2.59. The molecule has 1 saturated carbocycles. The third-order valence-electron chi connectivity index (χ3n) is 5.10. The molecule has 2 nitrogen and oxygen atoms in total. The van der Waals surface area contributed by atoms with Crippen molar-refractivity contribution >= 4 is 12.4 Å². The highest BCUT2D eigenvalue weighted by atomic mass is 35.5. The molecule has 1 aliphatic heterocycles. The van der Waals surface area contributed by atoms with Crippen molar-refractivity contribution in [3.8, 4) is 0 Å². The molecular weight excluding hydrogens is 256 g/mol. The lowest BCUT2D eigenvalue weighted by Gasteiger charge is -2.20. The van der Waals surface area contributed by atoms with E-state index in [-0.39, 0.29) is 12.4 Å². The zero-order valence-electron chi connectivity index (χ0n) is 11.9. The van der Waals surface area contributed by atoms with E-state index < -0.39 is 0 Å². The fraction of sp³-hybridized carbons (Fsp3) is 0.625. The smallest absolute Gasteiger partial charge is 0.0236 e. The van der Waals surface area contributed by atoms with Gasteiger partial charge < -0.3 is 5.73 Å². The molecule has 106 valence electrons. The molecule has 1 aliphatic carbocycles. The molecule has 2 fully saturated rings. The van der Waals surface area contributed by atoms with Crippen LogP contribution >= 0.6 is 12.4 Å². The van der Waals surface area contributed by atoms with Gasteiger partial charge in [-0.15, -0.1) is 12.4 Å². The van der Waals surface area contributed by atoms with E-state index in [0.717, 1.165) is 18.4 Å². The Morgan fingerprint density at radius 3 is 2.74 bits per heavy atom. The van der Waals surface area contributed by atoms with Crippen LogP contribution in [-0.4, -0.2) is 24.0 Å². The van der Waals surface area contributed by atoms with Crippen LogP contribution < -0.4 is 5.73 Å². The predicted octanol–water partition coefficient (Wildman–Crippen LogP) is 2.89. The molecule has 1 aromatic carbocycles. The van der Waals surface area contributed by atoms with Crippen LogP contribution in [0.5, 0.6) is 0 Å². The van der Waals surface area contributed by atoms with Gasteiger partial charge in [-0.3, -0.25) is 4.90 Å². The van der Waals surface area contributed by atoms with Gasteiger partial charge in [0.1, 0.15) is 0 Å². The molecule has 0 aromatic heterocycles. The number of benzene rings is 1.